The van der Waals surface area contributed by atoms with Crippen LogP contribution in [0.25, 0.3) is 0 Å². The Hall–Kier alpha value is -0.770. The summed E-state index contributed by atoms with van der Waals surface area (Å²) in [4.78, 5) is 15.6. The highest BCUT2D eigenvalue weighted by Crippen LogP contribution is 2.14. The van der Waals surface area contributed by atoms with Crippen LogP contribution in [0.4, 0.5) is 4.79 Å². The fourth-order valence-electron chi connectivity index (χ4n) is 2.17. The van der Waals surface area contributed by atoms with Crippen molar-refractivity contribution in [3.05, 3.63) is 0 Å². The van der Waals surface area contributed by atoms with Crippen LogP contribution in [0.3, 0.4) is 0 Å². The molecule has 2 amide bonds. The molecule has 1 atom stereocenters. The molecule has 1 aliphatic heterocycles. The molecule has 1 heterocycles. The van der Waals surface area contributed by atoms with Crippen molar-refractivity contribution >= 4 is 6.03 Å². The van der Waals surface area contributed by atoms with Gasteiger partial charge in [-0.3, -0.25) is 0 Å². The second-order valence-corrected chi connectivity index (χ2v) is 4.89. The van der Waals surface area contributed by atoms with E-state index in [9.17, 15) is 4.79 Å². The third-order valence-corrected chi connectivity index (χ3v) is 2.69. The summed E-state index contributed by atoms with van der Waals surface area (Å²) in [6, 6.07) is 0.177. The van der Waals surface area contributed by atoms with Crippen molar-refractivity contribution < 1.29 is 4.79 Å². The summed E-state index contributed by atoms with van der Waals surface area (Å²) in [5.41, 5.74) is 0. The molecule has 0 aliphatic carbocycles. The first-order valence-corrected chi connectivity index (χ1v) is 5.69. The molecule has 0 saturated carbocycles. The van der Waals surface area contributed by atoms with Gasteiger partial charge in [-0.1, -0.05) is 13.8 Å². The Labute approximate surface area is 92.6 Å². The van der Waals surface area contributed by atoms with Gasteiger partial charge < -0.3 is 15.1 Å². The van der Waals surface area contributed by atoms with E-state index in [1.807, 2.05) is 23.9 Å². The summed E-state index contributed by atoms with van der Waals surface area (Å²) < 4.78 is 0. The van der Waals surface area contributed by atoms with E-state index in [0.717, 1.165) is 26.2 Å². The molecule has 1 N–H and O–H groups in total. The number of amides is 2. The molecule has 1 aliphatic rings. The maximum Gasteiger partial charge on any atom is 0.319 e. The highest BCUT2D eigenvalue weighted by atomic mass is 16.2. The van der Waals surface area contributed by atoms with Crippen LogP contribution in [-0.2, 0) is 0 Å². The van der Waals surface area contributed by atoms with E-state index in [-0.39, 0.29) is 6.03 Å². The average molecular weight is 213 g/mol. The fourth-order valence-corrected chi connectivity index (χ4v) is 2.17. The standard InChI is InChI=1S/C11H23N3O/c1-9(2)6-14-8-10(5-12-3)7-13(4)11(14)15/h9-10,12H,5-8H2,1-4H3. The molecule has 0 bridgehead atoms. The molecule has 0 aromatic carbocycles. The van der Waals surface area contributed by atoms with Crippen molar-refractivity contribution in [1.82, 2.24) is 15.1 Å². The highest BCUT2D eigenvalue weighted by molar-refractivity contribution is 5.75. The second-order valence-electron chi connectivity index (χ2n) is 4.89. The summed E-state index contributed by atoms with van der Waals surface area (Å²) in [6.07, 6.45) is 0. The van der Waals surface area contributed by atoms with Gasteiger partial charge in [0.25, 0.3) is 0 Å². The van der Waals surface area contributed by atoms with Crippen LogP contribution < -0.4 is 5.32 Å². The molecule has 1 fully saturated rings. The number of carbonyl (C=O) groups excluding carboxylic acids is 1. The zero-order valence-corrected chi connectivity index (χ0v) is 10.3. The first-order chi connectivity index (χ1) is 7.04. The van der Waals surface area contributed by atoms with E-state index >= 15 is 0 Å². The van der Waals surface area contributed by atoms with Crippen molar-refractivity contribution in [2.24, 2.45) is 11.8 Å². The first-order valence-electron chi connectivity index (χ1n) is 5.69. The van der Waals surface area contributed by atoms with Gasteiger partial charge in [0.1, 0.15) is 0 Å². The minimum atomic E-state index is 0.177. The van der Waals surface area contributed by atoms with Gasteiger partial charge in [-0.05, 0) is 13.0 Å². The largest absolute Gasteiger partial charge is 0.327 e. The number of hydrogen-bond acceptors (Lipinski definition) is 2. The van der Waals surface area contributed by atoms with Crippen LogP contribution in [0.1, 0.15) is 13.8 Å². The highest BCUT2D eigenvalue weighted by Gasteiger charge is 2.29. The predicted molar refractivity (Wildman–Crippen MR) is 61.9 cm³/mol. The normalized spacial score (nSPS) is 22.7. The Balaban J connectivity index is 2.56. The molecule has 0 spiro atoms. The molecule has 4 heteroatoms. The van der Waals surface area contributed by atoms with E-state index in [0.29, 0.717) is 11.8 Å². The maximum absolute atomic E-state index is 11.8. The van der Waals surface area contributed by atoms with E-state index in [1.165, 1.54) is 0 Å². The zero-order valence-electron chi connectivity index (χ0n) is 10.3. The Morgan fingerprint density at radius 1 is 1.47 bits per heavy atom. The van der Waals surface area contributed by atoms with Gasteiger partial charge in [0.2, 0.25) is 0 Å². The zero-order chi connectivity index (χ0) is 11.4. The third-order valence-electron chi connectivity index (χ3n) is 2.69. The van der Waals surface area contributed by atoms with Gasteiger partial charge in [0, 0.05) is 39.1 Å². The van der Waals surface area contributed by atoms with Crippen LogP contribution in [0, 0.1) is 11.8 Å². The van der Waals surface area contributed by atoms with Crippen molar-refractivity contribution in [3.8, 4) is 0 Å². The Morgan fingerprint density at radius 2 is 2.13 bits per heavy atom. The summed E-state index contributed by atoms with van der Waals surface area (Å²) in [6.45, 7) is 7.90. The van der Waals surface area contributed by atoms with Crippen molar-refractivity contribution in [2.45, 2.75) is 13.8 Å². The number of rotatable bonds is 4. The lowest BCUT2D eigenvalue weighted by Crippen LogP contribution is -2.54. The number of carbonyl (C=O) groups is 1. The minimum Gasteiger partial charge on any atom is -0.327 e. The van der Waals surface area contributed by atoms with Crippen molar-refractivity contribution in [3.63, 3.8) is 0 Å². The maximum atomic E-state index is 11.8. The molecule has 1 unspecified atom stereocenters. The van der Waals surface area contributed by atoms with E-state index in [4.69, 9.17) is 0 Å². The lowest BCUT2D eigenvalue weighted by atomic mass is 10.1. The third kappa shape index (κ3) is 3.38. The Bertz CT molecular complexity index is 218. The van der Waals surface area contributed by atoms with E-state index in [1.54, 1.807) is 0 Å². The minimum absolute atomic E-state index is 0.177. The van der Waals surface area contributed by atoms with Gasteiger partial charge in [-0.25, -0.2) is 4.79 Å². The number of hydrogen-bond donors (Lipinski definition) is 1. The van der Waals surface area contributed by atoms with Crippen LogP contribution in [0.2, 0.25) is 0 Å². The summed E-state index contributed by atoms with van der Waals surface area (Å²) >= 11 is 0. The van der Waals surface area contributed by atoms with Crippen LogP contribution >= 0.6 is 0 Å². The van der Waals surface area contributed by atoms with Gasteiger partial charge >= 0.3 is 6.03 Å². The molecule has 0 aromatic rings. The van der Waals surface area contributed by atoms with Crippen LogP contribution in [0.5, 0.6) is 0 Å². The van der Waals surface area contributed by atoms with Crippen LogP contribution in [0.15, 0.2) is 0 Å². The molecular formula is C11H23N3O. The summed E-state index contributed by atoms with van der Waals surface area (Å²) in [7, 11) is 3.85. The SMILES string of the molecule is CNCC1CN(C)C(=O)N(CC(C)C)C1. The predicted octanol–water partition coefficient (Wildman–Crippen LogP) is 0.845. The molecule has 15 heavy (non-hydrogen) atoms. The summed E-state index contributed by atoms with van der Waals surface area (Å²) in [5.74, 6) is 1.09. The average Bonchev–Trinajstić information content (AvgIpc) is 2.13. The summed E-state index contributed by atoms with van der Waals surface area (Å²) in [5, 5.41) is 3.18. The fraction of sp³-hybridized carbons (Fsp3) is 0.909. The molecule has 0 aromatic heterocycles. The lowest BCUT2D eigenvalue weighted by Gasteiger charge is -2.39. The van der Waals surface area contributed by atoms with E-state index < -0.39 is 0 Å². The molecule has 4 nitrogen and oxygen atoms in total. The first kappa shape index (κ1) is 12.3. The van der Waals surface area contributed by atoms with Crippen LogP contribution in [-0.4, -0.2) is 56.1 Å². The number of urea groups is 1. The van der Waals surface area contributed by atoms with E-state index in [2.05, 4.69) is 19.2 Å². The molecular weight excluding hydrogens is 190 g/mol. The lowest BCUT2D eigenvalue weighted by molar-refractivity contribution is 0.109. The monoisotopic (exact) mass is 213 g/mol. The van der Waals surface area contributed by atoms with Gasteiger partial charge in [0.05, 0.1) is 0 Å². The number of nitrogens with zero attached hydrogens (tertiary/aromatic N) is 2. The Morgan fingerprint density at radius 3 is 2.67 bits per heavy atom. The molecule has 1 saturated heterocycles. The molecule has 0 radical (unpaired) electrons. The molecule has 88 valence electrons. The van der Waals surface area contributed by atoms with Gasteiger partial charge in [-0.2, -0.15) is 0 Å². The topological polar surface area (TPSA) is 35.6 Å². The van der Waals surface area contributed by atoms with Crippen molar-refractivity contribution in [1.29, 1.82) is 0 Å². The van der Waals surface area contributed by atoms with Gasteiger partial charge in [-0.15, -0.1) is 0 Å². The van der Waals surface area contributed by atoms with Gasteiger partial charge in [0.15, 0.2) is 0 Å². The second kappa shape index (κ2) is 5.35. The Kier molecular flexibility index (Phi) is 4.39. The quantitative estimate of drug-likeness (QED) is 0.751. The number of nitrogens with one attached hydrogen (secondary N) is 1. The molecule has 1 rings (SSSR count). The smallest absolute Gasteiger partial charge is 0.319 e. The van der Waals surface area contributed by atoms with Crippen molar-refractivity contribution in [2.75, 3.05) is 40.3 Å².